The summed E-state index contributed by atoms with van der Waals surface area (Å²) >= 11 is 0. The Labute approximate surface area is 174 Å². The number of aryl methyl sites for hydroxylation is 3. The number of anilines is 3. The summed E-state index contributed by atoms with van der Waals surface area (Å²) in [5.41, 5.74) is 5.27. The van der Waals surface area contributed by atoms with Gasteiger partial charge in [-0.3, -0.25) is 9.48 Å². The van der Waals surface area contributed by atoms with Gasteiger partial charge in [-0.1, -0.05) is 12.6 Å². The van der Waals surface area contributed by atoms with E-state index in [1.165, 1.54) is 6.08 Å². The number of aromatic nitrogens is 5. The van der Waals surface area contributed by atoms with Crippen molar-refractivity contribution in [3.63, 3.8) is 0 Å². The zero-order valence-electron chi connectivity index (χ0n) is 17.2. The topological polar surface area (TPSA) is 89.7 Å². The van der Waals surface area contributed by atoms with E-state index in [0.29, 0.717) is 11.6 Å². The highest BCUT2D eigenvalue weighted by Gasteiger charge is 2.13. The highest BCUT2D eigenvalue weighted by Crippen LogP contribution is 2.31. The summed E-state index contributed by atoms with van der Waals surface area (Å²) in [6, 6.07) is 7.67. The van der Waals surface area contributed by atoms with Crippen LogP contribution in [0.5, 0.6) is 0 Å². The van der Waals surface area contributed by atoms with Crippen molar-refractivity contribution >= 4 is 34.1 Å². The molecule has 0 atom stereocenters. The van der Waals surface area contributed by atoms with Gasteiger partial charge in [-0.2, -0.15) is 5.10 Å². The third kappa shape index (κ3) is 3.67. The van der Waals surface area contributed by atoms with Crippen molar-refractivity contribution < 1.29 is 4.79 Å². The van der Waals surface area contributed by atoms with Gasteiger partial charge in [-0.25, -0.2) is 9.97 Å². The molecule has 8 nitrogen and oxygen atoms in total. The summed E-state index contributed by atoms with van der Waals surface area (Å²) in [7, 11) is 1.97. The quantitative estimate of drug-likeness (QED) is 0.476. The van der Waals surface area contributed by atoms with Gasteiger partial charge in [0.2, 0.25) is 11.9 Å². The second-order valence-electron chi connectivity index (χ2n) is 6.95. The van der Waals surface area contributed by atoms with Crippen molar-refractivity contribution in [1.82, 2.24) is 24.3 Å². The molecule has 0 aliphatic carbocycles. The van der Waals surface area contributed by atoms with Crippen LogP contribution in [0.4, 0.5) is 17.3 Å². The van der Waals surface area contributed by atoms with Crippen molar-refractivity contribution in [1.29, 1.82) is 0 Å². The van der Waals surface area contributed by atoms with Crippen molar-refractivity contribution in [2.45, 2.75) is 20.4 Å². The van der Waals surface area contributed by atoms with E-state index in [1.54, 1.807) is 6.20 Å². The van der Waals surface area contributed by atoms with Crippen molar-refractivity contribution in [2.75, 3.05) is 10.6 Å². The Balaban J connectivity index is 1.68. The molecule has 0 fully saturated rings. The molecular weight excluding hydrogens is 378 g/mol. The Bertz CT molecular complexity index is 1250. The first-order valence-corrected chi connectivity index (χ1v) is 9.65. The Hall–Kier alpha value is -3.94. The average molecular weight is 401 g/mol. The van der Waals surface area contributed by atoms with Crippen LogP contribution in [0.15, 0.2) is 55.5 Å². The number of nitrogens with zero attached hydrogens (tertiary/aromatic N) is 5. The molecule has 2 N–H and O–H groups in total. The summed E-state index contributed by atoms with van der Waals surface area (Å²) in [6.07, 6.45) is 6.96. The maximum absolute atomic E-state index is 11.6. The van der Waals surface area contributed by atoms with Gasteiger partial charge in [0, 0.05) is 48.8 Å². The lowest BCUT2D eigenvalue weighted by Crippen LogP contribution is -2.07. The number of carbonyl (C=O) groups excluding carboxylic acids is 1. The summed E-state index contributed by atoms with van der Waals surface area (Å²) < 4.78 is 3.88. The SMILES string of the molecule is C=CC(=O)Nc1ccc2c(-c3ccnc(Nc4cn(CC)nc4C)n3)cn(C)c2c1. The maximum atomic E-state index is 11.6. The summed E-state index contributed by atoms with van der Waals surface area (Å²) in [6.45, 7) is 8.28. The third-order valence-corrected chi connectivity index (χ3v) is 4.89. The molecule has 0 saturated carbocycles. The number of carbonyl (C=O) groups is 1. The number of hydrogen-bond acceptors (Lipinski definition) is 5. The van der Waals surface area contributed by atoms with Crippen LogP contribution in [0, 0.1) is 6.92 Å². The molecule has 0 aliphatic heterocycles. The molecule has 1 aromatic carbocycles. The fourth-order valence-electron chi connectivity index (χ4n) is 3.35. The van der Waals surface area contributed by atoms with Crippen LogP contribution < -0.4 is 10.6 Å². The standard InChI is InChI=1S/C22H23N7O/c1-5-21(30)24-15-7-8-16-17(12-28(4)20(16)11-15)18-9-10-23-22(25-18)26-19-13-29(6-2)27-14(19)3/h5,7-13H,1,6H2,2-4H3,(H,24,30)(H,23,25,26). The van der Waals surface area contributed by atoms with Gasteiger partial charge in [-0.15, -0.1) is 0 Å². The Morgan fingerprint density at radius 1 is 1.27 bits per heavy atom. The molecule has 0 saturated heterocycles. The maximum Gasteiger partial charge on any atom is 0.247 e. The van der Waals surface area contributed by atoms with Gasteiger partial charge >= 0.3 is 0 Å². The molecule has 4 aromatic rings. The van der Waals surface area contributed by atoms with Crippen LogP contribution in [-0.4, -0.2) is 30.2 Å². The number of hydrogen-bond donors (Lipinski definition) is 2. The highest BCUT2D eigenvalue weighted by molar-refractivity contribution is 6.02. The average Bonchev–Trinajstić information content (AvgIpc) is 3.27. The van der Waals surface area contributed by atoms with Crippen molar-refractivity contribution in [3.05, 3.63) is 61.2 Å². The van der Waals surface area contributed by atoms with Crippen LogP contribution in [0.1, 0.15) is 12.6 Å². The zero-order valence-corrected chi connectivity index (χ0v) is 17.2. The molecule has 0 spiro atoms. The second-order valence-corrected chi connectivity index (χ2v) is 6.95. The third-order valence-electron chi connectivity index (χ3n) is 4.89. The molecule has 30 heavy (non-hydrogen) atoms. The van der Waals surface area contributed by atoms with Gasteiger partial charge < -0.3 is 15.2 Å². The zero-order chi connectivity index (χ0) is 21.3. The molecule has 0 radical (unpaired) electrons. The van der Waals surface area contributed by atoms with Crippen molar-refractivity contribution in [3.8, 4) is 11.3 Å². The smallest absolute Gasteiger partial charge is 0.247 e. The molecule has 0 aliphatic rings. The molecule has 3 aromatic heterocycles. The minimum absolute atomic E-state index is 0.239. The predicted molar refractivity (Wildman–Crippen MR) is 119 cm³/mol. The van der Waals surface area contributed by atoms with Gasteiger partial charge in [0.15, 0.2) is 0 Å². The van der Waals surface area contributed by atoms with Gasteiger partial charge in [0.1, 0.15) is 0 Å². The van der Waals surface area contributed by atoms with E-state index in [2.05, 4.69) is 27.3 Å². The molecule has 1 amide bonds. The minimum Gasteiger partial charge on any atom is -0.350 e. The molecule has 8 heteroatoms. The fraction of sp³-hybridized carbons (Fsp3) is 0.182. The summed E-state index contributed by atoms with van der Waals surface area (Å²) in [5.74, 6) is 0.273. The number of benzene rings is 1. The van der Waals surface area contributed by atoms with E-state index in [4.69, 9.17) is 4.98 Å². The number of rotatable bonds is 6. The second kappa shape index (κ2) is 7.82. The van der Waals surface area contributed by atoms with E-state index in [0.717, 1.165) is 40.1 Å². The van der Waals surface area contributed by atoms with Gasteiger partial charge in [0.05, 0.1) is 22.6 Å². The van der Waals surface area contributed by atoms with E-state index >= 15 is 0 Å². The largest absolute Gasteiger partial charge is 0.350 e. The van der Waals surface area contributed by atoms with E-state index in [-0.39, 0.29) is 5.91 Å². The van der Waals surface area contributed by atoms with Crippen LogP contribution in [-0.2, 0) is 18.4 Å². The lowest BCUT2D eigenvalue weighted by molar-refractivity contribution is -0.111. The highest BCUT2D eigenvalue weighted by atomic mass is 16.1. The van der Waals surface area contributed by atoms with E-state index in [9.17, 15) is 4.79 Å². The lowest BCUT2D eigenvalue weighted by Gasteiger charge is -2.06. The first-order chi connectivity index (χ1) is 14.5. The van der Waals surface area contributed by atoms with Gasteiger partial charge in [0.25, 0.3) is 0 Å². The van der Waals surface area contributed by atoms with Crippen LogP contribution >= 0.6 is 0 Å². The Kier molecular flexibility index (Phi) is 5.05. The summed E-state index contributed by atoms with van der Waals surface area (Å²) in [4.78, 5) is 20.7. The fourth-order valence-corrected chi connectivity index (χ4v) is 3.35. The normalized spacial score (nSPS) is 10.9. The minimum atomic E-state index is -0.239. The van der Waals surface area contributed by atoms with Crippen molar-refractivity contribution in [2.24, 2.45) is 7.05 Å². The molecule has 3 heterocycles. The molecule has 4 rings (SSSR count). The number of amides is 1. The molecule has 152 valence electrons. The van der Waals surface area contributed by atoms with E-state index in [1.807, 2.05) is 66.8 Å². The van der Waals surface area contributed by atoms with Gasteiger partial charge in [-0.05, 0) is 38.1 Å². The van der Waals surface area contributed by atoms with Crippen LogP contribution in [0.3, 0.4) is 0 Å². The number of nitrogens with one attached hydrogen (secondary N) is 2. The first-order valence-electron chi connectivity index (χ1n) is 9.65. The first kappa shape index (κ1) is 19.4. The Morgan fingerprint density at radius 2 is 2.10 bits per heavy atom. The lowest BCUT2D eigenvalue weighted by atomic mass is 10.1. The number of fused-ring (bicyclic) bond motifs is 1. The summed E-state index contributed by atoms with van der Waals surface area (Å²) in [5, 5.41) is 11.5. The monoisotopic (exact) mass is 401 g/mol. The van der Waals surface area contributed by atoms with Crippen LogP contribution in [0.2, 0.25) is 0 Å². The van der Waals surface area contributed by atoms with E-state index < -0.39 is 0 Å². The molecule has 0 unspecified atom stereocenters. The predicted octanol–water partition coefficient (Wildman–Crippen LogP) is 4.03. The molecule has 0 bridgehead atoms. The molecular formula is C22H23N7O. The Morgan fingerprint density at radius 3 is 2.83 bits per heavy atom. The van der Waals surface area contributed by atoms with Crippen LogP contribution in [0.25, 0.3) is 22.2 Å².